The van der Waals surface area contributed by atoms with Crippen molar-refractivity contribution < 1.29 is 14.7 Å². The first kappa shape index (κ1) is 24.9. The van der Waals surface area contributed by atoms with Crippen LogP contribution in [0.1, 0.15) is 28.3 Å². The van der Waals surface area contributed by atoms with E-state index in [2.05, 4.69) is 5.32 Å². The van der Waals surface area contributed by atoms with Crippen molar-refractivity contribution in [2.24, 2.45) is 0 Å². The van der Waals surface area contributed by atoms with E-state index in [4.69, 9.17) is 0 Å². The smallest absolute Gasteiger partial charge is 0.321 e. The molecule has 4 rings (SSSR count). The lowest BCUT2D eigenvalue weighted by Gasteiger charge is -2.36. The van der Waals surface area contributed by atoms with Crippen molar-refractivity contribution in [2.45, 2.75) is 31.6 Å². The van der Waals surface area contributed by atoms with Crippen LogP contribution in [-0.4, -0.2) is 27.9 Å². The normalized spacial score (nSPS) is 12.6. The van der Waals surface area contributed by atoms with Crippen LogP contribution in [0.2, 0.25) is 0 Å². The number of nitrogens with one attached hydrogen (secondary N) is 1. The molecule has 0 aliphatic carbocycles. The maximum atomic E-state index is 13.8. The Bertz CT molecular complexity index is 1230. The Kier molecular flexibility index (Phi) is 8.62. The summed E-state index contributed by atoms with van der Waals surface area (Å²) in [7, 11) is 0. The summed E-state index contributed by atoms with van der Waals surface area (Å²) in [4.78, 5) is 28.3. The Morgan fingerprint density at radius 3 is 1.67 bits per heavy atom. The fraction of sp³-hybridized carbons (Fsp3) is 0.161. The van der Waals surface area contributed by atoms with Gasteiger partial charge in [-0.1, -0.05) is 121 Å². The average Bonchev–Trinajstić information content (AvgIpc) is 2.92. The standard InChI is InChI=1S/C31H30N2O3/c34-30(32-22-25-15-7-2-8-16-25)29(27-19-11-4-12-20-27)33(23-26-17-9-3-10-18-26)28(31(35)36)21-24-13-5-1-6-14-24/h1-20,28-29H,21-23H2,(H,32,34)(H,35,36). The number of carboxylic acid groups (broad SMARTS) is 1. The van der Waals surface area contributed by atoms with E-state index in [1.54, 1.807) is 4.90 Å². The van der Waals surface area contributed by atoms with Crippen LogP contribution < -0.4 is 5.32 Å². The van der Waals surface area contributed by atoms with Gasteiger partial charge in [-0.05, 0) is 28.7 Å². The maximum absolute atomic E-state index is 13.8. The molecule has 2 atom stereocenters. The molecule has 0 heterocycles. The van der Waals surface area contributed by atoms with Gasteiger partial charge in [-0.15, -0.1) is 0 Å². The Morgan fingerprint density at radius 2 is 1.14 bits per heavy atom. The lowest BCUT2D eigenvalue weighted by atomic mass is 9.97. The number of amides is 1. The van der Waals surface area contributed by atoms with Crippen molar-refractivity contribution in [2.75, 3.05) is 0 Å². The van der Waals surface area contributed by atoms with Gasteiger partial charge in [0.05, 0.1) is 0 Å². The lowest BCUT2D eigenvalue weighted by molar-refractivity contribution is -0.146. The van der Waals surface area contributed by atoms with E-state index in [0.29, 0.717) is 13.1 Å². The summed E-state index contributed by atoms with van der Waals surface area (Å²) in [6, 6.07) is 36.6. The van der Waals surface area contributed by atoms with E-state index >= 15 is 0 Å². The van der Waals surface area contributed by atoms with E-state index in [9.17, 15) is 14.7 Å². The fourth-order valence-electron chi connectivity index (χ4n) is 4.37. The molecule has 2 unspecified atom stereocenters. The SMILES string of the molecule is O=C(O)C(Cc1ccccc1)N(Cc1ccccc1)C(C(=O)NCc1ccccc1)c1ccccc1. The minimum atomic E-state index is -0.966. The Hall–Kier alpha value is -4.22. The van der Waals surface area contributed by atoms with E-state index < -0.39 is 18.1 Å². The number of rotatable bonds is 11. The van der Waals surface area contributed by atoms with Gasteiger partial charge in [0, 0.05) is 13.1 Å². The predicted octanol–water partition coefficient (Wildman–Crippen LogP) is 5.24. The van der Waals surface area contributed by atoms with Crippen LogP contribution in [0.15, 0.2) is 121 Å². The van der Waals surface area contributed by atoms with Gasteiger partial charge in [0.25, 0.3) is 0 Å². The van der Waals surface area contributed by atoms with Crippen LogP contribution in [-0.2, 0) is 29.1 Å². The Labute approximate surface area is 212 Å². The van der Waals surface area contributed by atoms with E-state index in [0.717, 1.165) is 22.3 Å². The van der Waals surface area contributed by atoms with Gasteiger partial charge in [-0.25, -0.2) is 0 Å². The monoisotopic (exact) mass is 478 g/mol. The third-order valence-electron chi connectivity index (χ3n) is 6.17. The van der Waals surface area contributed by atoms with Crippen LogP contribution >= 0.6 is 0 Å². The second kappa shape index (κ2) is 12.5. The highest BCUT2D eigenvalue weighted by Crippen LogP contribution is 2.28. The summed E-state index contributed by atoms with van der Waals surface area (Å²) in [6.07, 6.45) is 0.276. The topological polar surface area (TPSA) is 69.6 Å². The molecule has 5 nitrogen and oxygen atoms in total. The summed E-state index contributed by atoms with van der Waals surface area (Å²) in [5.74, 6) is -1.20. The van der Waals surface area contributed by atoms with Gasteiger partial charge in [-0.2, -0.15) is 0 Å². The van der Waals surface area contributed by atoms with Gasteiger partial charge in [0.1, 0.15) is 12.1 Å². The third kappa shape index (κ3) is 6.68. The van der Waals surface area contributed by atoms with Gasteiger partial charge in [-0.3, -0.25) is 14.5 Å². The van der Waals surface area contributed by atoms with E-state index in [1.807, 2.05) is 121 Å². The minimum Gasteiger partial charge on any atom is -0.480 e. The van der Waals surface area contributed by atoms with Crippen molar-refractivity contribution in [3.05, 3.63) is 144 Å². The molecule has 5 heteroatoms. The van der Waals surface area contributed by atoms with Crippen LogP contribution in [0.25, 0.3) is 0 Å². The molecule has 0 spiro atoms. The number of nitrogens with zero attached hydrogens (tertiary/aromatic N) is 1. The number of carboxylic acids is 1. The molecule has 0 radical (unpaired) electrons. The predicted molar refractivity (Wildman–Crippen MR) is 141 cm³/mol. The quantitative estimate of drug-likeness (QED) is 0.309. The first-order valence-corrected chi connectivity index (χ1v) is 12.0. The maximum Gasteiger partial charge on any atom is 0.321 e. The summed E-state index contributed by atoms with van der Waals surface area (Å²) in [5.41, 5.74) is 3.57. The number of hydrogen-bond acceptors (Lipinski definition) is 3. The molecule has 0 aliphatic rings. The Balaban J connectivity index is 1.72. The molecule has 36 heavy (non-hydrogen) atoms. The van der Waals surface area contributed by atoms with Crippen LogP contribution in [0.4, 0.5) is 0 Å². The summed E-state index contributed by atoms with van der Waals surface area (Å²) >= 11 is 0. The van der Waals surface area contributed by atoms with Crippen LogP contribution in [0, 0.1) is 0 Å². The average molecular weight is 479 g/mol. The van der Waals surface area contributed by atoms with Crippen molar-refractivity contribution >= 4 is 11.9 Å². The summed E-state index contributed by atoms with van der Waals surface area (Å²) in [6.45, 7) is 0.668. The van der Waals surface area contributed by atoms with Crippen molar-refractivity contribution in [1.82, 2.24) is 10.2 Å². The van der Waals surface area contributed by atoms with E-state index in [-0.39, 0.29) is 12.3 Å². The zero-order valence-corrected chi connectivity index (χ0v) is 20.0. The second-order valence-corrected chi connectivity index (χ2v) is 8.72. The van der Waals surface area contributed by atoms with Gasteiger partial charge in [0.15, 0.2) is 0 Å². The molecular weight excluding hydrogens is 448 g/mol. The van der Waals surface area contributed by atoms with Crippen LogP contribution in [0.5, 0.6) is 0 Å². The number of hydrogen-bond donors (Lipinski definition) is 2. The molecular formula is C31H30N2O3. The molecule has 0 aliphatic heterocycles. The molecule has 0 bridgehead atoms. The van der Waals surface area contributed by atoms with Gasteiger partial charge < -0.3 is 10.4 Å². The number of aliphatic carboxylic acids is 1. The molecule has 0 aromatic heterocycles. The zero-order valence-electron chi connectivity index (χ0n) is 20.0. The van der Waals surface area contributed by atoms with Gasteiger partial charge in [0.2, 0.25) is 5.91 Å². The van der Waals surface area contributed by atoms with Crippen molar-refractivity contribution in [3.63, 3.8) is 0 Å². The second-order valence-electron chi connectivity index (χ2n) is 8.72. The van der Waals surface area contributed by atoms with Gasteiger partial charge >= 0.3 is 5.97 Å². The van der Waals surface area contributed by atoms with Crippen molar-refractivity contribution in [1.29, 1.82) is 0 Å². The molecule has 2 N–H and O–H groups in total. The molecule has 4 aromatic rings. The third-order valence-corrected chi connectivity index (χ3v) is 6.17. The Morgan fingerprint density at radius 1 is 0.667 bits per heavy atom. The fourth-order valence-corrected chi connectivity index (χ4v) is 4.37. The highest BCUT2D eigenvalue weighted by Gasteiger charge is 2.36. The molecule has 182 valence electrons. The largest absolute Gasteiger partial charge is 0.480 e. The van der Waals surface area contributed by atoms with E-state index in [1.165, 1.54) is 0 Å². The molecule has 0 saturated carbocycles. The summed E-state index contributed by atoms with van der Waals surface area (Å²) in [5, 5.41) is 13.4. The molecule has 0 saturated heterocycles. The number of benzene rings is 4. The number of carbonyl (C=O) groups excluding carboxylic acids is 1. The van der Waals surface area contributed by atoms with Crippen molar-refractivity contribution in [3.8, 4) is 0 Å². The molecule has 4 aromatic carbocycles. The highest BCUT2D eigenvalue weighted by molar-refractivity contribution is 5.84. The highest BCUT2D eigenvalue weighted by atomic mass is 16.4. The molecule has 0 fully saturated rings. The lowest BCUT2D eigenvalue weighted by Crippen LogP contribution is -2.49. The summed E-state index contributed by atoms with van der Waals surface area (Å²) < 4.78 is 0. The first-order chi connectivity index (χ1) is 17.6. The zero-order chi connectivity index (χ0) is 25.2. The minimum absolute atomic E-state index is 0.236. The molecule has 1 amide bonds. The number of carbonyl (C=O) groups is 2. The van der Waals surface area contributed by atoms with Crippen LogP contribution in [0.3, 0.4) is 0 Å². The first-order valence-electron chi connectivity index (χ1n) is 12.0.